The van der Waals surface area contributed by atoms with Crippen LogP contribution in [0.3, 0.4) is 0 Å². The van der Waals surface area contributed by atoms with Crippen LogP contribution < -0.4 is 4.90 Å². The molecule has 1 amide bonds. The highest BCUT2D eigenvalue weighted by atomic mass is 19.4. The molecule has 0 saturated carbocycles. The molecule has 7 nitrogen and oxygen atoms in total. The Bertz CT molecular complexity index is 790. The van der Waals surface area contributed by atoms with Crippen molar-refractivity contribution in [2.24, 2.45) is 0 Å². The Labute approximate surface area is 147 Å². The molecule has 0 bridgehead atoms. The molecule has 3 heterocycles. The molecule has 1 saturated heterocycles. The monoisotopic (exact) mass is 369 g/mol. The highest BCUT2D eigenvalue weighted by Gasteiger charge is 2.35. The second kappa shape index (κ2) is 6.93. The molecular formula is C16H18F3N5O2. The van der Waals surface area contributed by atoms with Gasteiger partial charge < -0.3 is 14.3 Å². The lowest BCUT2D eigenvalue weighted by Crippen LogP contribution is -2.53. The zero-order chi connectivity index (χ0) is 18.9. The first kappa shape index (κ1) is 18.2. The van der Waals surface area contributed by atoms with Crippen molar-refractivity contribution in [3.63, 3.8) is 0 Å². The molecule has 1 fully saturated rings. The summed E-state index contributed by atoms with van der Waals surface area (Å²) in [5, 5.41) is 3.90. The number of carbonyl (C=O) groups is 1. The molecule has 0 unspecified atom stereocenters. The lowest BCUT2D eigenvalue weighted by atomic mass is 10.2. The SMILES string of the molecule is CC(C)c1noc(-c2ccnc(N3CCN(CC(F)(F)F)C(=O)C3)c2)n1. The summed E-state index contributed by atoms with van der Waals surface area (Å²) in [5.74, 6) is 0.925. The first-order valence-corrected chi connectivity index (χ1v) is 8.12. The molecular weight excluding hydrogens is 351 g/mol. The minimum Gasteiger partial charge on any atom is -0.346 e. The first-order valence-electron chi connectivity index (χ1n) is 8.12. The molecule has 3 rings (SSSR count). The average Bonchev–Trinajstić information content (AvgIpc) is 3.06. The van der Waals surface area contributed by atoms with Gasteiger partial charge in [0.05, 0.1) is 6.54 Å². The number of alkyl halides is 3. The molecule has 26 heavy (non-hydrogen) atoms. The number of hydrogen-bond donors (Lipinski definition) is 0. The Morgan fingerprint density at radius 1 is 1.31 bits per heavy atom. The highest BCUT2D eigenvalue weighted by molar-refractivity contribution is 5.82. The average molecular weight is 369 g/mol. The number of rotatable bonds is 4. The molecule has 2 aromatic rings. The summed E-state index contributed by atoms with van der Waals surface area (Å²) in [6.07, 6.45) is -2.86. The van der Waals surface area contributed by atoms with Gasteiger partial charge in [0.1, 0.15) is 12.4 Å². The van der Waals surface area contributed by atoms with E-state index >= 15 is 0 Å². The fourth-order valence-electron chi connectivity index (χ4n) is 2.60. The van der Waals surface area contributed by atoms with E-state index < -0.39 is 18.6 Å². The zero-order valence-electron chi connectivity index (χ0n) is 14.3. The summed E-state index contributed by atoms with van der Waals surface area (Å²) in [7, 11) is 0. The molecule has 10 heteroatoms. The Balaban J connectivity index is 1.74. The number of halogens is 3. The summed E-state index contributed by atoms with van der Waals surface area (Å²) in [5.41, 5.74) is 0.638. The first-order chi connectivity index (χ1) is 12.2. The molecule has 0 spiro atoms. The van der Waals surface area contributed by atoms with Gasteiger partial charge in [0.2, 0.25) is 5.91 Å². The molecule has 0 aromatic carbocycles. The van der Waals surface area contributed by atoms with Crippen LogP contribution in [0.4, 0.5) is 19.0 Å². The third kappa shape index (κ3) is 4.12. The van der Waals surface area contributed by atoms with Crippen LogP contribution in [0.25, 0.3) is 11.5 Å². The fourth-order valence-corrected chi connectivity index (χ4v) is 2.60. The number of aromatic nitrogens is 3. The second-order valence-corrected chi connectivity index (χ2v) is 6.37. The maximum atomic E-state index is 12.5. The predicted molar refractivity (Wildman–Crippen MR) is 86.5 cm³/mol. The number of amides is 1. The molecule has 0 N–H and O–H groups in total. The van der Waals surface area contributed by atoms with Crippen LogP contribution in [0.5, 0.6) is 0 Å². The largest absolute Gasteiger partial charge is 0.406 e. The van der Waals surface area contributed by atoms with Gasteiger partial charge in [-0.3, -0.25) is 4.79 Å². The van der Waals surface area contributed by atoms with Gasteiger partial charge in [-0.1, -0.05) is 19.0 Å². The van der Waals surface area contributed by atoms with E-state index in [4.69, 9.17) is 4.52 Å². The van der Waals surface area contributed by atoms with Crippen LogP contribution in [-0.4, -0.2) is 58.3 Å². The number of nitrogens with zero attached hydrogens (tertiary/aromatic N) is 5. The van der Waals surface area contributed by atoms with Gasteiger partial charge in [0, 0.05) is 30.8 Å². The van der Waals surface area contributed by atoms with Gasteiger partial charge in [-0.25, -0.2) is 4.98 Å². The Hall–Kier alpha value is -2.65. The van der Waals surface area contributed by atoms with E-state index in [1.54, 1.807) is 17.0 Å². The number of hydrogen-bond acceptors (Lipinski definition) is 6. The van der Waals surface area contributed by atoms with Crippen LogP contribution in [0.2, 0.25) is 0 Å². The third-order valence-electron chi connectivity index (χ3n) is 3.96. The minimum atomic E-state index is -4.40. The summed E-state index contributed by atoms with van der Waals surface area (Å²) in [4.78, 5) is 23.0. The van der Waals surface area contributed by atoms with Crippen molar-refractivity contribution in [1.29, 1.82) is 0 Å². The standard InChI is InChI=1S/C16H18F3N5O2/c1-10(2)14-21-15(26-22-14)11-3-4-20-12(7-11)23-5-6-24(13(25)8-23)9-16(17,18)19/h3-4,7,10H,5-6,8-9H2,1-2H3. The minimum absolute atomic E-state index is 0.0116. The van der Waals surface area contributed by atoms with Gasteiger partial charge in [0.15, 0.2) is 5.82 Å². The van der Waals surface area contributed by atoms with Crippen molar-refractivity contribution in [1.82, 2.24) is 20.0 Å². The lowest BCUT2D eigenvalue weighted by molar-refractivity contribution is -0.161. The Kier molecular flexibility index (Phi) is 4.84. The van der Waals surface area contributed by atoms with Crippen LogP contribution in [0, 0.1) is 0 Å². The van der Waals surface area contributed by atoms with E-state index in [1.165, 1.54) is 6.20 Å². The van der Waals surface area contributed by atoms with Crippen molar-refractivity contribution >= 4 is 11.7 Å². The summed E-state index contributed by atoms with van der Waals surface area (Å²) < 4.78 is 42.7. The van der Waals surface area contributed by atoms with Crippen LogP contribution >= 0.6 is 0 Å². The third-order valence-corrected chi connectivity index (χ3v) is 3.96. The van der Waals surface area contributed by atoms with E-state index in [1.807, 2.05) is 13.8 Å². The van der Waals surface area contributed by atoms with Crippen molar-refractivity contribution in [2.75, 3.05) is 31.1 Å². The van der Waals surface area contributed by atoms with E-state index in [0.29, 0.717) is 23.1 Å². The van der Waals surface area contributed by atoms with Crippen LogP contribution in [-0.2, 0) is 4.79 Å². The van der Waals surface area contributed by atoms with Crippen molar-refractivity contribution in [3.05, 3.63) is 24.2 Å². The number of anilines is 1. The van der Waals surface area contributed by atoms with E-state index in [9.17, 15) is 18.0 Å². The number of piperazine rings is 1. The molecule has 1 aliphatic heterocycles. The smallest absolute Gasteiger partial charge is 0.346 e. The topological polar surface area (TPSA) is 75.4 Å². The van der Waals surface area contributed by atoms with Crippen molar-refractivity contribution < 1.29 is 22.5 Å². The normalized spacial score (nSPS) is 15.8. The van der Waals surface area contributed by atoms with Gasteiger partial charge >= 0.3 is 6.18 Å². The molecule has 0 aliphatic carbocycles. The van der Waals surface area contributed by atoms with Gasteiger partial charge in [0.25, 0.3) is 5.89 Å². The fraction of sp³-hybridized carbons (Fsp3) is 0.500. The van der Waals surface area contributed by atoms with Crippen LogP contribution in [0.15, 0.2) is 22.9 Å². The molecule has 0 atom stereocenters. The highest BCUT2D eigenvalue weighted by Crippen LogP contribution is 2.25. The van der Waals surface area contributed by atoms with Gasteiger partial charge in [-0.15, -0.1) is 0 Å². The van der Waals surface area contributed by atoms with Gasteiger partial charge in [-0.2, -0.15) is 18.2 Å². The lowest BCUT2D eigenvalue weighted by Gasteiger charge is -2.35. The summed E-state index contributed by atoms with van der Waals surface area (Å²) in [6.45, 7) is 2.75. The summed E-state index contributed by atoms with van der Waals surface area (Å²) in [6, 6.07) is 3.38. The Morgan fingerprint density at radius 3 is 2.69 bits per heavy atom. The van der Waals surface area contributed by atoms with E-state index in [-0.39, 0.29) is 25.6 Å². The van der Waals surface area contributed by atoms with E-state index in [0.717, 1.165) is 4.90 Å². The maximum Gasteiger partial charge on any atom is 0.406 e. The maximum absolute atomic E-state index is 12.5. The van der Waals surface area contributed by atoms with Crippen molar-refractivity contribution in [3.8, 4) is 11.5 Å². The van der Waals surface area contributed by atoms with Crippen LogP contribution in [0.1, 0.15) is 25.6 Å². The quantitative estimate of drug-likeness (QED) is 0.824. The second-order valence-electron chi connectivity index (χ2n) is 6.37. The number of pyridine rings is 1. The predicted octanol–water partition coefficient (Wildman–Crippen LogP) is 2.47. The van der Waals surface area contributed by atoms with Gasteiger partial charge in [-0.05, 0) is 12.1 Å². The van der Waals surface area contributed by atoms with E-state index in [2.05, 4.69) is 15.1 Å². The molecule has 2 aromatic heterocycles. The summed E-state index contributed by atoms with van der Waals surface area (Å²) >= 11 is 0. The number of carbonyl (C=O) groups excluding carboxylic acids is 1. The molecule has 0 radical (unpaired) electrons. The van der Waals surface area contributed by atoms with Crippen molar-refractivity contribution in [2.45, 2.75) is 25.9 Å². The molecule has 1 aliphatic rings. The Morgan fingerprint density at radius 2 is 2.08 bits per heavy atom. The molecule has 140 valence electrons. The zero-order valence-corrected chi connectivity index (χ0v) is 14.3.